The number of pyridine rings is 2. The third-order valence-corrected chi connectivity index (χ3v) is 6.13. The van der Waals surface area contributed by atoms with Crippen LogP contribution in [0.5, 0.6) is 5.75 Å². The summed E-state index contributed by atoms with van der Waals surface area (Å²) in [5.41, 5.74) is 14.5. The Balaban J connectivity index is 1.27. The highest BCUT2D eigenvalue weighted by molar-refractivity contribution is 5.85. The van der Waals surface area contributed by atoms with Gasteiger partial charge in [-0.05, 0) is 49.2 Å². The smallest absolute Gasteiger partial charge is 0.138 e. The van der Waals surface area contributed by atoms with Crippen molar-refractivity contribution < 1.29 is 9.15 Å². The minimum absolute atomic E-state index is 0.172. The van der Waals surface area contributed by atoms with E-state index in [4.69, 9.17) is 19.9 Å². The highest BCUT2D eigenvalue weighted by Crippen LogP contribution is 2.33. The molecule has 0 amide bonds. The summed E-state index contributed by atoms with van der Waals surface area (Å²) in [6.45, 7) is 2.31. The molecule has 1 atom stereocenters. The van der Waals surface area contributed by atoms with Crippen LogP contribution in [0.15, 0.2) is 77.9 Å². The molecule has 0 saturated heterocycles. The van der Waals surface area contributed by atoms with Crippen molar-refractivity contribution in [3.05, 3.63) is 84.7 Å². The normalized spacial score (nSPS) is 12.4. The summed E-state index contributed by atoms with van der Waals surface area (Å²) in [5.74, 6) is 0.632. The van der Waals surface area contributed by atoms with E-state index in [1.54, 1.807) is 18.7 Å². The number of furan rings is 1. The Morgan fingerprint density at radius 2 is 2.06 bits per heavy atom. The fourth-order valence-electron chi connectivity index (χ4n) is 4.36. The Hall–Kier alpha value is -4.43. The van der Waals surface area contributed by atoms with Gasteiger partial charge in [0.15, 0.2) is 0 Å². The molecule has 1 aromatic carbocycles. The zero-order chi connectivity index (χ0) is 23.8. The molecule has 4 N–H and O–H groups in total. The number of aromatic amines is 2. The first-order valence-corrected chi connectivity index (χ1v) is 11.4. The third-order valence-electron chi connectivity index (χ3n) is 6.13. The number of para-hydroxylation sites is 1. The predicted octanol–water partition coefficient (Wildman–Crippen LogP) is 5.02. The van der Waals surface area contributed by atoms with Crippen LogP contribution in [0.25, 0.3) is 44.5 Å². The van der Waals surface area contributed by atoms with E-state index in [2.05, 4.69) is 32.3 Å². The molecule has 5 heterocycles. The molecule has 0 radical (unpaired) electrons. The van der Waals surface area contributed by atoms with Gasteiger partial charge in [-0.25, -0.2) is 4.98 Å². The summed E-state index contributed by atoms with van der Waals surface area (Å²) in [7, 11) is 0. The molecule has 8 nitrogen and oxygen atoms in total. The topological polar surface area (TPSA) is 119 Å². The molecule has 0 aliphatic carbocycles. The number of hydrogen-bond donors (Lipinski definition) is 3. The van der Waals surface area contributed by atoms with Crippen LogP contribution in [-0.2, 0) is 6.42 Å². The Bertz CT molecular complexity index is 1620. The number of rotatable bonds is 7. The van der Waals surface area contributed by atoms with Gasteiger partial charge in [-0.2, -0.15) is 5.10 Å². The predicted molar refractivity (Wildman–Crippen MR) is 135 cm³/mol. The highest BCUT2D eigenvalue weighted by atomic mass is 16.5. The van der Waals surface area contributed by atoms with Crippen LogP contribution in [0, 0.1) is 6.92 Å². The highest BCUT2D eigenvalue weighted by Gasteiger charge is 2.16. The van der Waals surface area contributed by atoms with Crippen molar-refractivity contribution in [2.24, 2.45) is 5.73 Å². The quantitative estimate of drug-likeness (QED) is 0.305. The van der Waals surface area contributed by atoms with Crippen LogP contribution in [0.1, 0.15) is 11.3 Å². The summed E-state index contributed by atoms with van der Waals surface area (Å²) in [4.78, 5) is 12.8. The lowest BCUT2D eigenvalue weighted by Gasteiger charge is -2.15. The van der Waals surface area contributed by atoms with Gasteiger partial charge < -0.3 is 19.9 Å². The number of aromatic nitrogens is 5. The van der Waals surface area contributed by atoms with Gasteiger partial charge in [-0.15, -0.1) is 0 Å². The molecular weight excluding hydrogens is 440 g/mol. The van der Waals surface area contributed by atoms with Crippen molar-refractivity contribution in [2.45, 2.75) is 19.4 Å². The molecule has 6 rings (SSSR count). The average Bonchev–Trinajstić information content (AvgIpc) is 3.64. The number of benzene rings is 1. The van der Waals surface area contributed by atoms with Gasteiger partial charge in [0, 0.05) is 34.3 Å². The number of nitrogens with one attached hydrogen (secondary N) is 2. The van der Waals surface area contributed by atoms with Crippen molar-refractivity contribution in [1.29, 1.82) is 0 Å². The number of nitrogens with zero attached hydrogens (tertiary/aromatic N) is 3. The van der Waals surface area contributed by atoms with E-state index in [9.17, 15) is 0 Å². The molecule has 35 heavy (non-hydrogen) atoms. The third kappa shape index (κ3) is 4.04. The monoisotopic (exact) mass is 464 g/mol. The van der Waals surface area contributed by atoms with Crippen molar-refractivity contribution in [2.75, 3.05) is 6.61 Å². The van der Waals surface area contributed by atoms with E-state index in [-0.39, 0.29) is 6.04 Å². The van der Waals surface area contributed by atoms with E-state index >= 15 is 0 Å². The second-order valence-corrected chi connectivity index (χ2v) is 8.63. The first-order valence-electron chi connectivity index (χ1n) is 11.4. The summed E-state index contributed by atoms with van der Waals surface area (Å²) < 4.78 is 11.4. The SMILES string of the molecule is Cc1[nH]nc2ccc(-c3cc(OC[C@@H](N)Cc4c[nH]c5ccccc45)cnc3-c3ccoc3)nc12. The molecule has 6 aromatic rings. The van der Waals surface area contributed by atoms with E-state index in [1.807, 2.05) is 49.5 Å². The van der Waals surface area contributed by atoms with Crippen LogP contribution in [0.2, 0.25) is 0 Å². The molecule has 174 valence electrons. The average molecular weight is 465 g/mol. The van der Waals surface area contributed by atoms with Gasteiger partial charge in [0.05, 0.1) is 35.8 Å². The summed E-state index contributed by atoms with van der Waals surface area (Å²) in [6.07, 6.45) is 7.74. The van der Waals surface area contributed by atoms with Crippen molar-refractivity contribution >= 4 is 21.9 Å². The standard InChI is InChI=1S/C27H24N6O2/c1-16-26-25(33-32-16)7-6-24(31-26)22-11-20(13-30-27(22)17-8-9-34-14-17)35-15-19(28)10-18-12-29-23-5-3-2-4-21(18)23/h2-9,11-14,19,29H,10,15,28H2,1H3,(H,32,33)/t19-/m0/s1. The second kappa shape index (κ2) is 8.73. The molecule has 0 aliphatic rings. The van der Waals surface area contributed by atoms with Gasteiger partial charge in [-0.3, -0.25) is 10.1 Å². The van der Waals surface area contributed by atoms with Crippen LogP contribution >= 0.6 is 0 Å². The van der Waals surface area contributed by atoms with Crippen LogP contribution in [-0.4, -0.2) is 37.8 Å². The Morgan fingerprint density at radius 3 is 2.94 bits per heavy atom. The molecule has 0 spiro atoms. The van der Waals surface area contributed by atoms with Crippen LogP contribution in [0.4, 0.5) is 0 Å². The molecule has 0 bridgehead atoms. The lowest BCUT2D eigenvalue weighted by molar-refractivity contribution is 0.287. The van der Waals surface area contributed by atoms with Crippen molar-refractivity contribution in [3.8, 4) is 28.3 Å². The molecule has 8 heteroatoms. The van der Waals surface area contributed by atoms with Crippen molar-refractivity contribution in [1.82, 2.24) is 25.1 Å². The van der Waals surface area contributed by atoms with Gasteiger partial charge in [0.1, 0.15) is 23.4 Å². The minimum Gasteiger partial charge on any atom is -0.490 e. The maximum Gasteiger partial charge on any atom is 0.138 e. The zero-order valence-electron chi connectivity index (χ0n) is 19.2. The first-order chi connectivity index (χ1) is 17.2. The second-order valence-electron chi connectivity index (χ2n) is 8.63. The molecule has 5 aromatic heterocycles. The molecule has 0 aliphatic heterocycles. The van der Waals surface area contributed by atoms with Gasteiger partial charge in [0.2, 0.25) is 0 Å². The molecular formula is C27H24N6O2. The Morgan fingerprint density at radius 1 is 1.14 bits per heavy atom. The number of aryl methyl sites for hydroxylation is 1. The maximum atomic E-state index is 6.43. The van der Waals surface area contributed by atoms with Gasteiger partial charge >= 0.3 is 0 Å². The van der Waals surface area contributed by atoms with Gasteiger partial charge in [-0.1, -0.05) is 18.2 Å². The number of H-pyrrole nitrogens is 2. The van der Waals surface area contributed by atoms with E-state index in [0.717, 1.165) is 44.8 Å². The number of nitrogens with two attached hydrogens (primary N) is 1. The van der Waals surface area contributed by atoms with Crippen LogP contribution < -0.4 is 10.5 Å². The van der Waals surface area contributed by atoms with E-state index in [0.29, 0.717) is 18.8 Å². The van der Waals surface area contributed by atoms with E-state index in [1.165, 1.54) is 10.9 Å². The molecule has 0 unspecified atom stereocenters. The fourth-order valence-corrected chi connectivity index (χ4v) is 4.36. The van der Waals surface area contributed by atoms with E-state index < -0.39 is 0 Å². The Labute approximate surface area is 201 Å². The summed E-state index contributed by atoms with van der Waals surface area (Å²) >= 11 is 0. The zero-order valence-corrected chi connectivity index (χ0v) is 19.2. The first kappa shape index (κ1) is 21.1. The largest absolute Gasteiger partial charge is 0.490 e. The minimum atomic E-state index is -0.172. The lowest BCUT2D eigenvalue weighted by atomic mass is 10.0. The summed E-state index contributed by atoms with van der Waals surface area (Å²) in [6, 6.07) is 15.8. The number of hydrogen-bond acceptors (Lipinski definition) is 6. The maximum absolute atomic E-state index is 6.43. The Kier molecular flexibility index (Phi) is 5.27. The lowest BCUT2D eigenvalue weighted by Crippen LogP contribution is -2.30. The molecule has 0 fully saturated rings. The van der Waals surface area contributed by atoms with Gasteiger partial charge in [0.25, 0.3) is 0 Å². The van der Waals surface area contributed by atoms with Crippen LogP contribution in [0.3, 0.4) is 0 Å². The summed E-state index contributed by atoms with van der Waals surface area (Å²) in [5, 5.41) is 8.46. The molecule has 0 saturated carbocycles. The van der Waals surface area contributed by atoms with Crippen molar-refractivity contribution in [3.63, 3.8) is 0 Å². The fraction of sp³-hybridized carbons (Fsp3) is 0.148. The number of fused-ring (bicyclic) bond motifs is 2. The number of ether oxygens (including phenoxy) is 1.